The Morgan fingerprint density at radius 2 is 2.11 bits per heavy atom. The highest BCUT2D eigenvalue weighted by Gasteiger charge is 2.33. The van der Waals surface area contributed by atoms with Crippen LogP contribution < -0.4 is 4.72 Å². The minimum atomic E-state index is -3.68. The molecule has 19 heavy (non-hydrogen) atoms. The minimum Gasteiger partial charge on any atom is -0.344 e. The molecular weight excluding hydrogens is 332 g/mol. The lowest BCUT2D eigenvalue weighted by molar-refractivity contribution is -0.127. The molecule has 1 aromatic rings. The fraction of sp³-hybridized carbons (Fsp3) is 0.417. The molecular formula is C12H15BrN2O3S. The standard InChI is InChI=1S/C12H15BrN2O3S/c1-8-9(13)4-3-5-11(8)19(17,18)14-10-6-7-15(2)12(10)16/h3-5,10,14H,6-7H2,1-2H3/t10-/m1/s1. The number of carbonyl (C=O) groups excluding carboxylic acids is 1. The van der Waals surface area contributed by atoms with Crippen LogP contribution in [0, 0.1) is 6.92 Å². The number of hydrogen-bond acceptors (Lipinski definition) is 3. The van der Waals surface area contributed by atoms with Crippen LogP contribution in [0.5, 0.6) is 0 Å². The summed E-state index contributed by atoms with van der Waals surface area (Å²) in [5, 5.41) is 0. The van der Waals surface area contributed by atoms with Crippen LogP contribution in [-0.2, 0) is 14.8 Å². The van der Waals surface area contributed by atoms with Crippen molar-refractivity contribution in [2.45, 2.75) is 24.3 Å². The molecule has 1 aliphatic rings. The van der Waals surface area contributed by atoms with Crippen LogP contribution in [0.2, 0.25) is 0 Å². The number of likely N-dealkylation sites (N-methyl/N-ethyl adjacent to an activating group) is 1. The molecule has 7 heteroatoms. The van der Waals surface area contributed by atoms with Gasteiger partial charge in [-0.1, -0.05) is 22.0 Å². The van der Waals surface area contributed by atoms with Gasteiger partial charge in [0.1, 0.15) is 6.04 Å². The molecule has 1 aliphatic heterocycles. The van der Waals surface area contributed by atoms with Crippen LogP contribution in [0.3, 0.4) is 0 Å². The fourth-order valence-corrected chi connectivity index (χ4v) is 4.05. The molecule has 0 saturated carbocycles. The van der Waals surface area contributed by atoms with Gasteiger partial charge in [-0.2, -0.15) is 4.72 Å². The van der Waals surface area contributed by atoms with E-state index in [-0.39, 0.29) is 10.8 Å². The highest BCUT2D eigenvalue weighted by Crippen LogP contribution is 2.24. The zero-order chi connectivity index (χ0) is 14.2. The third kappa shape index (κ3) is 2.82. The first-order valence-corrected chi connectivity index (χ1v) is 8.13. The number of likely N-dealkylation sites (tertiary alicyclic amines) is 1. The van der Waals surface area contributed by atoms with E-state index >= 15 is 0 Å². The second kappa shape index (κ2) is 5.22. The number of nitrogens with one attached hydrogen (secondary N) is 1. The maximum Gasteiger partial charge on any atom is 0.241 e. The van der Waals surface area contributed by atoms with E-state index in [1.54, 1.807) is 26.1 Å². The summed E-state index contributed by atoms with van der Waals surface area (Å²) in [6, 6.07) is 4.32. The van der Waals surface area contributed by atoms with E-state index in [2.05, 4.69) is 20.7 Å². The summed E-state index contributed by atoms with van der Waals surface area (Å²) in [5.41, 5.74) is 0.633. The molecule has 1 heterocycles. The summed E-state index contributed by atoms with van der Waals surface area (Å²) in [4.78, 5) is 13.5. The highest BCUT2D eigenvalue weighted by atomic mass is 79.9. The molecule has 1 aromatic carbocycles. The highest BCUT2D eigenvalue weighted by molar-refractivity contribution is 9.10. The number of hydrogen-bond donors (Lipinski definition) is 1. The van der Waals surface area contributed by atoms with E-state index in [0.29, 0.717) is 18.5 Å². The first kappa shape index (κ1) is 14.5. The maximum atomic E-state index is 12.3. The number of halogens is 1. The molecule has 0 unspecified atom stereocenters. The topological polar surface area (TPSA) is 66.5 Å². The quantitative estimate of drug-likeness (QED) is 0.896. The van der Waals surface area contributed by atoms with E-state index in [0.717, 1.165) is 4.47 Å². The largest absolute Gasteiger partial charge is 0.344 e. The summed E-state index contributed by atoms with van der Waals surface area (Å²) >= 11 is 3.31. The second-order valence-corrected chi connectivity index (χ2v) is 7.12. The maximum absolute atomic E-state index is 12.3. The fourth-order valence-electron chi connectivity index (χ4n) is 2.06. The zero-order valence-electron chi connectivity index (χ0n) is 10.7. The minimum absolute atomic E-state index is 0.184. The van der Waals surface area contributed by atoms with E-state index in [1.807, 2.05) is 0 Å². The van der Waals surface area contributed by atoms with Crippen molar-refractivity contribution in [3.8, 4) is 0 Å². The van der Waals surface area contributed by atoms with Gasteiger partial charge in [-0.3, -0.25) is 4.79 Å². The summed E-state index contributed by atoms with van der Waals surface area (Å²) < 4.78 is 27.8. The van der Waals surface area contributed by atoms with Gasteiger partial charge in [0, 0.05) is 18.1 Å². The summed E-state index contributed by atoms with van der Waals surface area (Å²) in [6.45, 7) is 2.30. The molecule has 1 N–H and O–H groups in total. The normalized spacial score (nSPS) is 20.1. The van der Waals surface area contributed by atoms with Gasteiger partial charge in [0.15, 0.2) is 0 Å². The van der Waals surface area contributed by atoms with Gasteiger partial charge >= 0.3 is 0 Å². The van der Waals surface area contributed by atoms with Crippen LogP contribution in [-0.4, -0.2) is 38.9 Å². The van der Waals surface area contributed by atoms with Gasteiger partial charge in [0.05, 0.1) is 4.90 Å². The second-order valence-electron chi connectivity index (χ2n) is 4.59. The molecule has 5 nitrogen and oxygen atoms in total. The van der Waals surface area contributed by atoms with Crippen LogP contribution >= 0.6 is 15.9 Å². The van der Waals surface area contributed by atoms with E-state index in [9.17, 15) is 13.2 Å². The van der Waals surface area contributed by atoms with Crippen LogP contribution in [0.1, 0.15) is 12.0 Å². The Morgan fingerprint density at radius 3 is 2.68 bits per heavy atom. The lowest BCUT2D eigenvalue weighted by atomic mass is 10.2. The molecule has 0 aliphatic carbocycles. The van der Waals surface area contributed by atoms with Crippen molar-refractivity contribution in [3.05, 3.63) is 28.2 Å². The van der Waals surface area contributed by atoms with Crippen molar-refractivity contribution in [2.75, 3.05) is 13.6 Å². The molecule has 104 valence electrons. The predicted octanol–water partition coefficient (Wildman–Crippen LogP) is 1.27. The first-order valence-electron chi connectivity index (χ1n) is 5.85. The Labute approximate surface area is 121 Å². The number of sulfonamides is 1. The Morgan fingerprint density at radius 1 is 1.42 bits per heavy atom. The molecule has 2 rings (SSSR count). The average molecular weight is 347 g/mol. The number of benzene rings is 1. The Bertz CT molecular complexity index is 615. The van der Waals surface area contributed by atoms with Crippen molar-refractivity contribution < 1.29 is 13.2 Å². The third-order valence-corrected chi connectivity index (χ3v) is 5.71. The predicted molar refractivity (Wildman–Crippen MR) is 75.2 cm³/mol. The van der Waals surface area contributed by atoms with Gasteiger partial charge in [0.25, 0.3) is 0 Å². The Balaban J connectivity index is 2.29. The molecule has 0 bridgehead atoms. The zero-order valence-corrected chi connectivity index (χ0v) is 13.1. The van der Waals surface area contributed by atoms with Crippen LogP contribution in [0.15, 0.2) is 27.6 Å². The van der Waals surface area contributed by atoms with Gasteiger partial charge in [-0.25, -0.2) is 8.42 Å². The van der Waals surface area contributed by atoms with Gasteiger partial charge < -0.3 is 4.90 Å². The molecule has 0 radical (unpaired) electrons. The lowest BCUT2D eigenvalue weighted by Gasteiger charge is -2.14. The smallest absolute Gasteiger partial charge is 0.241 e. The number of nitrogens with zero attached hydrogens (tertiary/aromatic N) is 1. The Kier molecular flexibility index (Phi) is 3.98. The van der Waals surface area contributed by atoms with Gasteiger partial charge in [0.2, 0.25) is 15.9 Å². The van der Waals surface area contributed by atoms with Crippen molar-refractivity contribution in [3.63, 3.8) is 0 Å². The molecule has 1 saturated heterocycles. The van der Waals surface area contributed by atoms with Crippen molar-refractivity contribution in [1.82, 2.24) is 9.62 Å². The molecule has 0 aromatic heterocycles. The van der Waals surface area contributed by atoms with Crippen molar-refractivity contribution >= 4 is 31.9 Å². The van der Waals surface area contributed by atoms with Gasteiger partial charge in [-0.05, 0) is 31.0 Å². The summed E-state index contributed by atoms with van der Waals surface area (Å²) in [6.07, 6.45) is 0.502. The molecule has 1 fully saturated rings. The summed E-state index contributed by atoms with van der Waals surface area (Å²) in [7, 11) is -2.01. The van der Waals surface area contributed by atoms with Crippen LogP contribution in [0.4, 0.5) is 0 Å². The van der Waals surface area contributed by atoms with Crippen LogP contribution in [0.25, 0.3) is 0 Å². The number of rotatable bonds is 3. The van der Waals surface area contributed by atoms with Gasteiger partial charge in [-0.15, -0.1) is 0 Å². The first-order chi connectivity index (χ1) is 8.83. The SMILES string of the molecule is Cc1c(Br)cccc1S(=O)(=O)N[C@@H]1CCN(C)C1=O. The number of amides is 1. The monoisotopic (exact) mass is 346 g/mol. The van der Waals surface area contributed by atoms with E-state index in [4.69, 9.17) is 0 Å². The van der Waals surface area contributed by atoms with E-state index < -0.39 is 16.1 Å². The van der Waals surface area contributed by atoms with Crippen molar-refractivity contribution in [2.24, 2.45) is 0 Å². The van der Waals surface area contributed by atoms with E-state index in [1.165, 1.54) is 11.0 Å². The third-order valence-electron chi connectivity index (χ3n) is 3.23. The summed E-state index contributed by atoms with van der Waals surface area (Å²) in [5.74, 6) is -0.184. The number of carbonyl (C=O) groups is 1. The molecule has 0 spiro atoms. The Hall–Kier alpha value is -0.920. The molecule has 1 atom stereocenters. The van der Waals surface area contributed by atoms with Crippen molar-refractivity contribution in [1.29, 1.82) is 0 Å². The lowest BCUT2D eigenvalue weighted by Crippen LogP contribution is -2.40. The molecule has 1 amide bonds. The average Bonchev–Trinajstić information content (AvgIpc) is 2.64.